The summed E-state index contributed by atoms with van der Waals surface area (Å²) in [5.41, 5.74) is 5.73. The van der Waals surface area contributed by atoms with Crippen molar-refractivity contribution in [3.8, 4) is 0 Å². The lowest BCUT2D eigenvalue weighted by atomic mass is 9.85. The predicted molar refractivity (Wildman–Crippen MR) is 74.0 cm³/mol. The van der Waals surface area contributed by atoms with Crippen LogP contribution in [0.15, 0.2) is 30.3 Å². The zero-order chi connectivity index (χ0) is 14.2. The average Bonchev–Trinajstić information content (AvgIpc) is 2.35. The summed E-state index contributed by atoms with van der Waals surface area (Å²) < 4.78 is 0. The van der Waals surface area contributed by atoms with E-state index in [1.165, 1.54) is 0 Å². The van der Waals surface area contributed by atoms with E-state index in [1.54, 1.807) is 32.9 Å². The van der Waals surface area contributed by atoms with Crippen molar-refractivity contribution >= 4 is 22.6 Å². The van der Waals surface area contributed by atoms with E-state index in [0.717, 1.165) is 5.39 Å². The van der Waals surface area contributed by atoms with Gasteiger partial charge in [0.15, 0.2) is 5.78 Å². The molecule has 98 valence electrons. The highest BCUT2D eigenvalue weighted by atomic mass is 16.1. The molecule has 0 aliphatic rings. The Kier molecular flexibility index (Phi) is 3.10. The first kappa shape index (κ1) is 13.2. The first-order valence-electron chi connectivity index (χ1n) is 6.05. The van der Waals surface area contributed by atoms with Gasteiger partial charge >= 0.3 is 0 Å². The Hall–Kier alpha value is -2.23. The molecule has 1 aromatic heterocycles. The normalized spacial score (nSPS) is 11.5. The van der Waals surface area contributed by atoms with Crippen LogP contribution < -0.4 is 5.73 Å². The number of ketones is 1. The van der Waals surface area contributed by atoms with Crippen LogP contribution in [0.1, 0.15) is 41.6 Å². The van der Waals surface area contributed by atoms with Crippen molar-refractivity contribution in [3.05, 3.63) is 41.6 Å². The Morgan fingerprint density at radius 1 is 1.16 bits per heavy atom. The molecule has 1 heterocycles. The number of nitrogens with two attached hydrogens (primary N) is 1. The third kappa shape index (κ3) is 2.47. The second-order valence-electron chi connectivity index (χ2n) is 5.52. The summed E-state index contributed by atoms with van der Waals surface area (Å²) in [5.74, 6) is -0.821. The van der Waals surface area contributed by atoms with E-state index < -0.39 is 11.3 Å². The molecule has 4 nitrogen and oxygen atoms in total. The fourth-order valence-electron chi connectivity index (χ4n) is 1.88. The maximum atomic E-state index is 12.4. The number of para-hydroxylation sites is 1. The van der Waals surface area contributed by atoms with Crippen molar-refractivity contribution in [1.82, 2.24) is 4.98 Å². The number of fused-ring (bicyclic) bond motifs is 1. The van der Waals surface area contributed by atoms with Crippen molar-refractivity contribution in [2.75, 3.05) is 0 Å². The molecule has 0 bridgehead atoms. The lowest BCUT2D eigenvalue weighted by Gasteiger charge is -2.18. The second-order valence-corrected chi connectivity index (χ2v) is 5.52. The van der Waals surface area contributed by atoms with Gasteiger partial charge in [-0.05, 0) is 12.1 Å². The average molecular weight is 256 g/mol. The molecule has 0 atom stereocenters. The van der Waals surface area contributed by atoms with Gasteiger partial charge in [-0.1, -0.05) is 39.0 Å². The molecule has 0 aliphatic carbocycles. The number of carbonyl (C=O) groups excluding carboxylic acids is 2. The van der Waals surface area contributed by atoms with Crippen LogP contribution in [0.4, 0.5) is 0 Å². The first-order valence-corrected chi connectivity index (χ1v) is 6.05. The molecule has 2 N–H and O–H groups in total. The van der Waals surface area contributed by atoms with Crippen LogP contribution in [0.25, 0.3) is 10.9 Å². The molecule has 0 saturated heterocycles. The summed E-state index contributed by atoms with van der Waals surface area (Å²) in [6, 6.07) is 9.01. The van der Waals surface area contributed by atoms with Gasteiger partial charge < -0.3 is 5.73 Å². The van der Waals surface area contributed by atoms with Gasteiger partial charge in [0, 0.05) is 10.8 Å². The Bertz CT molecular complexity index is 669. The van der Waals surface area contributed by atoms with E-state index in [9.17, 15) is 9.59 Å². The minimum absolute atomic E-state index is 0.0404. The van der Waals surface area contributed by atoms with Crippen molar-refractivity contribution in [1.29, 1.82) is 0 Å². The van der Waals surface area contributed by atoms with Gasteiger partial charge in [0.2, 0.25) is 0 Å². The number of pyridine rings is 1. The number of aromatic nitrogens is 1. The van der Waals surface area contributed by atoms with Crippen molar-refractivity contribution in [2.24, 2.45) is 11.1 Å². The summed E-state index contributed by atoms with van der Waals surface area (Å²) in [5, 5.41) is 0.820. The van der Waals surface area contributed by atoms with Gasteiger partial charge in [-0.15, -0.1) is 0 Å². The Morgan fingerprint density at radius 2 is 1.79 bits per heavy atom. The van der Waals surface area contributed by atoms with E-state index in [-0.39, 0.29) is 11.5 Å². The van der Waals surface area contributed by atoms with Crippen LogP contribution >= 0.6 is 0 Å². The van der Waals surface area contributed by atoms with E-state index in [4.69, 9.17) is 5.73 Å². The third-order valence-corrected chi connectivity index (χ3v) is 2.88. The molecule has 2 aromatic rings. The van der Waals surface area contributed by atoms with Gasteiger partial charge in [0.1, 0.15) is 5.69 Å². The summed E-state index contributed by atoms with van der Waals surface area (Å²) >= 11 is 0. The van der Waals surface area contributed by atoms with Crippen LogP contribution in [0.3, 0.4) is 0 Å². The van der Waals surface area contributed by atoms with E-state index in [1.807, 2.05) is 18.2 Å². The van der Waals surface area contributed by atoms with Gasteiger partial charge in [-0.3, -0.25) is 9.59 Å². The maximum Gasteiger partial charge on any atom is 0.268 e. The summed E-state index contributed by atoms with van der Waals surface area (Å²) in [7, 11) is 0. The number of benzene rings is 1. The molecule has 0 saturated carbocycles. The standard InChI is InChI=1S/C15H16N2O2/c1-15(2,3)13(18)10-8-9-6-4-5-7-11(9)17-12(10)14(16)19/h4-8H,1-3H3,(H2,16,19). The van der Waals surface area contributed by atoms with E-state index in [2.05, 4.69) is 4.98 Å². The topological polar surface area (TPSA) is 73.1 Å². The van der Waals surface area contributed by atoms with Crippen LogP contribution in [-0.2, 0) is 0 Å². The summed E-state index contributed by atoms with van der Waals surface area (Å²) in [6.07, 6.45) is 0. The molecule has 4 heteroatoms. The Balaban J connectivity index is 2.74. The quantitative estimate of drug-likeness (QED) is 0.839. The van der Waals surface area contributed by atoms with Crippen LogP contribution in [-0.4, -0.2) is 16.7 Å². The molecule has 1 aromatic carbocycles. The highest BCUT2D eigenvalue weighted by molar-refractivity contribution is 6.10. The number of amides is 1. The molecule has 0 aliphatic heterocycles. The van der Waals surface area contributed by atoms with Gasteiger partial charge in [0.25, 0.3) is 5.91 Å². The monoisotopic (exact) mass is 256 g/mol. The number of nitrogens with zero attached hydrogens (tertiary/aromatic N) is 1. The number of carbonyl (C=O) groups is 2. The molecule has 1 amide bonds. The molecular weight excluding hydrogens is 240 g/mol. The third-order valence-electron chi connectivity index (χ3n) is 2.88. The zero-order valence-corrected chi connectivity index (χ0v) is 11.2. The molecule has 0 unspecified atom stereocenters. The number of hydrogen-bond donors (Lipinski definition) is 1. The zero-order valence-electron chi connectivity index (χ0n) is 11.2. The lowest BCUT2D eigenvalue weighted by Crippen LogP contribution is -2.25. The summed E-state index contributed by atoms with van der Waals surface area (Å²) in [4.78, 5) is 28.1. The van der Waals surface area contributed by atoms with E-state index >= 15 is 0 Å². The molecule has 19 heavy (non-hydrogen) atoms. The van der Waals surface area contributed by atoms with Crippen LogP contribution in [0.5, 0.6) is 0 Å². The predicted octanol–water partition coefficient (Wildman–Crippen LogP) is 2.56. The molecular formula is C15H16N2O2. The van der Waals surface area contributed by atoms with Crippen LogP contribution in [0, 0.1) is 5.41 Å². The number of primary amides is 1. The van der Waals surface area contributed by atoms with Gasteiger partial charge in [-0.25, -0.2) is 4.98 Å². The summed E-state index contributed by atoms with van der Waals surface area (Å²) in [6.45, 7) is 5.40. The number of Topliss-reactive ketones (excluding diaryl/α,β-unsaturated/α-hetero) is 1. The van der Waals surface area contributed by atoms with Gasteiger partial charge in [-0.2, -0.15) is 0 Å². The fourth-order valence-corrected chi connectivity index (χ4v) is 1.88. The largest absolute Gasteiger partial charge is 0.364 e. The van der Waals surface area contributed by atoms with Crippen LogP contribution in [0.2, 0.25) is 0 Å². The van der Waals surface area contributed by atoms with Crippen molar-refractivity contribution in [2.45, 2.75) is 20.8 Å². The molecule has 0 spiro atoms. The molecule has 0 radical (unpaired) electrons. The Labute approximate surface area is 111 Å². The van der Waals surface area contributed by atoms with E-state index in [0.29, 0.717) is 11.1 Å². The van der Waals surface area contributed by atoms with Crippen molar-refractivity contribution in [3.63, 3.8) is 0 Å². The minimum Gasteiger partial charge on any atom is -0.364 e. The molecule has 2 rings (SSSR count). The number of rotatable bonds is 2. The highest BCUT2D eigenvalue weighted by Gasteiger charge is 2.27. The number of hydrogen-bond acceptors (Lipinski definition) is 3. The first-order chi connectivity index (χ1) is 8.80. The lowest BCUT2D eigenvalue weighted by molar-refractivity contribution is 0.0850. The highest BCUT2D eigenvalue weighted by Crippen LogP contribution is 2.25. The SMILES string of the molecule is CC(C)(C)C(=O)c1cc2ccccc2nc1C(N)=O. The Morgan fingerprint density at radius 3 is 2.37 bits per heavy atom. The second kappa shape index (κ2) is 4.46. The maximum absolute atomic E-state index is 12.4. The van der Waals surface area contributed by atoms with Gasteiger partial charge in [0.05, 0.1) is 11.1 Å². The smallest absolute Gasteiger partial charge is 0.268 e. The molecule has 0 fully saturated rings. The van der Waals surface area contributed by atoms with Crippen molar-refractivity contribution < 1.29 is 9.59 Å². The fraction of sp³-hybridized carbons (Fsp3) is 0.267. The minimum atomic E-state index is -0.682.